The molecule has 0 fully saturated rings. The number of aliphatic imine (C=N–C) groups is 1. The lowest BCUT2D eigenvalue weighted by molar-refractivity contribution is 0.0826. The van der Waals surface area contributed by atoms with Crippen molar-refractivity contribution in [2.24, 2.45) is 4.99 Å². The zero-order valence-electron chi connectivity index (χ0n) is 22.0. The standard InChI is InChI=1S/C35H26N2O2/c1-34(2)29-10-6-7-11-30(29)37(3)35(34)20-36-32-24-15-12-21(18-23(24)14-17-31(32)39-35)22-13-16-26-25-8-4-5-9-27(25)33(38)28(26)19-22/h4-20H,1-3H3. The van der Waals surface area contributed by atoms with Crippen molar-refractivity contribution < 1.29 is 9.53 Å². The van der Waals surface area contributed by atoms with Gasteiger partial charge in [-0.25, -0.2) is 0 Å². The van der Waals surface area contributed by atoms with Crippen LogP contribution in [0.5, 0.6) is 5.75 Å². The quantitative estimate of drug-likeness (QED) is 0.227. The molecule has 8 rings (SSSR count). The van der Waals surface area contributed by atoms with Crippen LogP contribution < -0.4 is 9.64 Å². The topological polar surface area (TPSA) is 41.9 Å². The van der Waals surface area contributed by atoms with Crippen LogP contribution in [0, 0.1) is 0 Å². The van der Waals surface area contributed by atoms with Crippen molar-refractivity contribution in [1.29, 1.82) is 0 Å². The Hall–Kier alpha value is -4.70. The molecule has 2 heterocycles. The van der Waals surface area contributed by atoms with E-state index in [9.17, 15) is 4.79 Å². The van der Waals surface area contributed by atoms with E-state index in [1.54, 1.807) is 0 Å². The number of rotatable bonds is 1. The maximum absolute atomic E-state index is 13.1. The Morgan fingerprint density at radius 3 is 2.31 bits per heavy atom. The molecule has 4 nitrogen and oxygen atoms in total. The predicted molar refractivity (Wildman–Crippen MR) is 158 cm³/mol. The van der Waals surface area contributed by atoms with Crippen molar-refractivity contribution in [3.63, 3.8) is 0 Å². The van der Waals surface area contributed by atoms with E-state index < -0.39 is 5.72 Å². The van der Waals surface area contributed by atoms with E-state index in [2.05, 4.69) is 86.5 Å². The number of nitrogens with zero attached hydrogens (tertiary/aromatic N) is 2. The highest BCUT2D eigenvalue weighted by atomic mass is 16.5. The Morgan fingerprint density at radius 1 is 0.744 bits per heavy atom. The van der Waals surface area contributed by atoms with Crippen molar-refractivity contribution >= 4 is 34.1 Å². The molecule has 0 bridgehead atoms. The molecule has 5 aromatic rings. The van der Waals surface area contributed by atoms with Crippen molar-refractivity contribution in [1.82, 2.24) is 0 Å². The van der Waals surface area contributed by atoms with Gasteiger partial charge >= 0.3 is 0 Å². The SMILES string of the molecule is CN1c2ccccc2C(C)(C)C12C=Nc1c(ccc3cc(-c4ccc5c(c4)C(=O)c4ccccc4-5)ccc13)O2. The first-order chi connectivity index (χ1) is 18.9. The summed E-state index contributed by atoms with van der Waals surface area (Å²) in [6.45, 7) is 4.44. The number of ether oxygens (including phenoxy) is 1. The number of likely N-dealkylation sites (N-methyl/N-ethyl adjacent to an activating group) is 1. The molecule has 1 atom stereocenters. The molecular formula is C35H26N2O2. The molecule has 2 aliphatic heterocycles. The van der Waals surface area contributed by atoms with Gasteiger partial charge in [-0.3, -0.25) is 9.79 Å². The number of anilines is 1. The largest absolute Gasteiger partial charge is 0.459 e. The van der Waals surface area contributed by atoms with E-state index in [0.717, 1.165) is 55.6 Å². The van der Waals surface area contributed by atoms with Crippen LogP contribution in [0.1, 0.15) is 35.3 Å². The molecule has 1 spiro atoms. The lowest BCUT2D eigenvalue weighted by Crippen LogP contribution is -2.61. The molecule has 1 aliphatic carbocycles. The van der Waals surface area contributed by atoms with Gasteiger partial charge in [0.15, 0.2) is 5.78 Å². The van der Waals surface area contributed by atoms with Crippen molar-refractivity contribution in [3.8, 4) is 28.0 Å². The van der Waals surface area contributed by atoms with Crippen LogP contribution in [0.25, 0.3) is 33.0 Å². The number of hydrogen-bond acceptors (Lipinski definition) is 4. The van der Waals surface area contributed by atoms with Gasteiger partial charge in [0.05, 0.1) is 11.6 Å². The summed E-state index contributed by atoms with van der Waals surface area (Å²) in [6.07, 6.45) is 1.98. The van der Waals surface area contributed by atoms with Gasteiger partial charge in [-0.1, -0.05) is 72.8 Å². The van der Waals surface area contributed by atoms with E-state index in [0.29, 0.717) is 0 Å². The van der Waals surface area contributed by atoms with Crippen molar-refractivity contribution in [2.75, 3.05) is 11.9 Å². The Kier molecular flexibility index (Phi) is 4.26. The summed E-state index contributed by atoms with van der Waals surface area (Å²) in [6, 6.07) is 33.1. The van der Waals surface area contributed by atoms with Gasteiger partial charge in [0, 0.05) is 29.2 Å². The maximum Gasteiger partial charge on any atom is 0.228 e. The Bertz CT molecular complexity index is 1920. The molecule has 188 valence electrons. The molecular weight excluding hydrogens is 480 g/mol. The number of carbonyl (C=O) groups is 1. The van der Waals surface area contributed by atoms with E-state index >= 15 is 0 Å². The van der Waals surface area contributed by atoms with E-state index in [4.69, 9.17) is 9.73 Å². The highest BCUT2D eigenvalue weighted by Gasteiger charge is 2.58. The molecule has 3 aliphatic rings. The molecule has 0 amide bonds. The van der Waals surface area contributed by atoms with Gasteiger partial charge in [0.2, 0.25) is 5.72 Å². The smallest absolute Gasteiger partial charge is 0.228 e. The fraction of sp³-hybridized carbons (Fsp3) is 0.143. The van der Waals surface area contributed by atoms with Crippen molar-refractivity contribution in [2.45, 2.75) is 25.0 Å². The molecule has 39 heavy (non-hydrogen) atoms. The summed E-state index contributed by atoms with van der Waals surface area (Å²) in [5.74, 6) is 0.881. The van der Waals surface area contributed by atoms with Crippen LogP contribution in [0.3, 0.4) is 0 Å². The average molecular weight is 507 g/mol. The predicted octanol–water partition coefficient (Wildman–Crippen LogP) is 7.94. The number of benzene rings is 5. The lowest BCUT2D eigenvalue weighted by atomic mass is 9.77. The number of carbonyl (C=O) groups excluding carboxylic acids is 1. The first-order valence-electron chi connectivity index (χ1n) is 13.3. The minimum atomic E-state index is -0.703. The average Bonchev–Trinajstić information content (AvgIpc) is 3.34. The third-order valence-corrected chi connectivity index (χ3v) is 8.98. The summed E-state index contributed by atoms with van der Waals surface area (Å²) in [7, 11) is 2.08. The Morgan fingerprint density at radius 2 is 1.46 bits per heavy atom. The number of para-hydroxylation sites is 1. The molecule has 0 aromatic heterocycles. The van der Waals surface area contributed by atoms with Crippen LogP contribution in [0.15, 0.2) is 102 Å². The van der Waals surface area contributed by atoms with Gasteiger partial charge in [-0.05, 0) is 71.3 Å². The molecule has 0 saturated heterocycles. The third kappa shape index (κ3) is 2.78. The minimum absolute atomic E-state index is 0.0969. The number of ketones is 1. The van der Waals surface area contributed by atoms with E-state index in [-0.39, 0.29) is 11.2 Å². The Balaban J connectivity index is 1.19. The first kappa shape index (κ1) is 22.3. The van der Waals surface area contributed by atoms with Crippen LogP contribution in [-0.4, -0.2) is 24.8 Å². The van der Waals surface area contributed by atoms with Crippen molar-refractivity contribution in [3.05, 3.63) is 114 Å². The van der Waals surface area contributed by atoms with Crippen LogP contribution in [0.2, 0.25) is 0 Å². The van der Waals surface area contributed by atoms with Crippen LogP contribution in [-0.2, 0) is 5.41 Å². The zero-order chi connectivity index (χ0) is 26.5. The van der Waals surface area contributed by atoms with E-state index in [1.165, 1.54) is 11.3 Å². The van der Waals surface area contributed by atoms with Crippen LogP contribution in [0.4, 0.5) is 11.4 Å². The van der Waals surface area contributed by atoms with Gasteiger partial charge < -0.3 is 9.64 Å². The molecule has 0 radical (unpaired) electrons. The molecule has 4 heteroatoms. The molecule has 0 saturated carbocycles. The molecule has 0 N–H and O–H groups in total. The molecule has 1 unspecified atom stereocenters. The lowest BCUT2D eigenvalue weighted by Gasteiger charge is -2.45. The van der Waals surface area contributed by atoms with Gasteiger partial charge in [0.1, 0.15) is 11.4 Å². The summed E-state index contributed by atoms with van der Waals surface area (Å²) >= 11 is 0. The second kappa shape index (κ2) is 7.45. The maximum atomic E-state index is 13.1. The summed E-state index contributed by atoms with van der Waals surface area (Å²) in [5, 5.41) is 2.13. The highest BCUT2D eigenvalue weighted by molar-refractivity contribution is 6.22. The van der Waals surface area contributed by atoms with E-state index in [1.807, 2.05) is 42.6 Å². The monoisotopic (exact) mass is 506 g/mol. The summed E-state index contributed by atoms with van der Waals surface area (Å²) in [4.78, 5) is 20.3. The minimum Gasteiger partial charge on any atom is -0.459 e. The normalized spacial score (nSPS) is 19.6. The highest BCUT2D eigenvalue weighted by Crippen LogP contribution is 2.54. The fourth-order valence-corrected chi connectivity index (χ4v) is 6.77. The molecule has 5 aromatic carbocycles. The second-order valence-corrected chi connectivity index (χ2v) is 11.2. The van der Waals surface area contributed by atoms with Gasteiger partial charge in [-0.2, -0.15) is 0 Å². The summed E-state index contributed by atoms with van der Waals surface area (Å²) < 4.78 is 6.85. The fourth-order valence-electron chi connectivity index (χ4n) is 6.77. The number of hydrogen-bond donors (Lipinski definition) is 0. The van der Waals surface area contributed by atoms with Gasteiger partial charge in [0.25, 0.3) is 0 Å². The third-order valence-electron chi connectivity index (χ3n) is 8.98. The zero-order valence-corrected chi connectivity index (χ0v) is 22.0. The second-order valence-electron chi connectivity index (χ2n) is 11.2. The van der Waals surface area contributed by atoms with Crippen LogP contribution >= 0.6 is 0 Å². The van der Waals surface area contributed by atoms with Gasteiger partial charge in [-0.15, -0.1) is 0 Å². The summed E-state index contributed by atoms with van der Waals surface area (Å²) in [5.41, 5.74) is 7.96. The first-order valence-corrected chi connectivity index (χ1v) is 13.3. The number of fused-ring (bicyclic) bond motifs is 7. The Labute approximate surface area is 227 Å².